The van der Waals surface area contributed by atoms with E-state index in [4.69, 9.17) is 0 Å². The summed E-state index contributed by atoms with van der Waals surface area (Å²) in [6.45, 7) is 4.54. The molecular weight excluding hydrogens is 344 g/mol. The number of nitrogens with one attached hydrogen (secondary N) is 1. The van der Waals surface area contributed by atoms with Crippen LogP contribution >= 0.6 is 0 Å². The molecule has 140 valence electrons. The highest BCUT2D eigenvalue weighted by atomic mass is 19.1. The Morgan fingerprint density at radius 2 is 1.89 bits per heavy atom. The van der Waals surface area contributed by atoms with Gasteiger partial charge in [0.1, 0.15) is 11.5 Å². The van der Waals surface area contributed by atoms with Crippen LogP contribution in [0.2, 0.25) is 0 Å². The number of hydrogen-bond donors (Lipinski definition) is 1. The molecule has 0 saturated carbocycles. The van der Waals surface area contributed by atoms with Gasteiger partial charge >= 0.3 is 0 Å². The predicted molar refractivity (Wildman–Crippen MR) is 102 cm³/mol. The Hall–Kier alpha value is -2.53. The number of benzene rings is 2. The molecule has 3 nitrogen and oxygen atoms in total. The first kappa shape index (κ1) is 17.9. The van der Waals surface area contributed by atoms with Crippen molar-refractivity contribution in [1.29, 1.82) is 0 Å². The largest absolute Gasteiger partial charge is 0.309 e. The fraction of sp³-hybridized carbons (Fsp3) is 0.318. The fourth-order valence-electron chi connectivity index (χ4n) is 3.94. The first-order valence-electron chi connectivity index (χ1n) is 9.33. The van der Waals surface area contributed by atoms with Crippen LogP contribution in [0.1, 0.15) is 34.5 Å². The molecule has 0 aliphatic heterocycles. The van der Waals surface area contributed by atoms with Crippen LogP contribution in [0.15, 0.2) is 42.5 Å². The molecule has 27 heavy (non-hydrogen) atoms. The Morgan fingerprint density at radius 1 is 1.11 bits per heavy atom. The van der Waals surface area contributed by atoms with Gasteiger partial charge in [0.15, 0.2) is 5.82 Å². The maximum Gasteiger partial charge on any atom is 0.151 e. The van der Waals surface area contributed by atoms with Crippen LogP contribution in [0, 0.1) is 25.5 Å². The van der Waals surface area contributed by atoms with E-state index in [0.717, 1.165) is 42.3 Å². The summed E-state index contributed by atoms with van der Waals surface area (Å²) in [7, 11) is 0. The van der Waals surface area contributed by atoms with Crippen molar-refractivity contribution < 1.29 is 8.78 Å². The molecule has 3 aromatic rings. The molecule has 1 atom stereocenters. The lowest BCUT2D eigenvalue weighted by Gasteiger charge is -2.25. The summed E-state index contributed by atoms with van der Waals surface area (Å²) in [4.78, 5) is 0. The minimum atomic E-state index is -0.607. The molecule has 0 spiro atoms. The Bertz CT molecular complexity index is 978. The highest BCUT2D eigenvalue weighted by Gasteiger charge is 2.20. The summed E-state index contributed by atoms with van der Waals surface area (Å²) in [6, 6.07) is 12.6. The van der Waals surface area contributed by atoms with E-state index in [1.54, 1.807) is 4.68 Å². The van der Waals surface area contributed by atoms with Crippen molar-refractivity contribution >= 4 is 0 Å². The van der Waals surface area contributed by atoms with E-state index in [-0.39, 0.29) is 5.69 Å². The van der Waals surface area contributed by atoms with Crippen molar-refractivity contribution in [2.75, 3.05) is 0 Å². The normalized spacial score (nSPS) is 16.4. The van der Waals surface area contributed by atoms with E-state index in [0.29, 0.717) is 12.6 Å². The van der Waals surface area contributed by atoms with Crippen LogP contribution in [0.3, 0.4) is 0 Å². The first-order chi connectivity index (χ1) is 13.0. The van der Waals surface area contributed by atoms with E-state index in [1.807, 2.05) is 13.8 Å². The monoisotopic (exact) mass is 367 g/mol. The second kappa shape index (κ2) is 7.24. The van der Waals surface area contributed by atoms with Crippen molar-refractivity contribution in [2.45, 2.75) is 45.7 Å². The second-order valence-corrected chi connectivity index (χ2v) is 7.25. The Kier molecular flexibility index (Phi) is 4.79. The number of aromatic nitrogens is 2. The summed E-state index contributed by atoms with van der Waals surface area (Å²) in [5.74, 6) is -1.19. The van der Waals surface area contributed by atoms with Gasteiger partial charge in [-0.25, -0.2) is 13.5 Å². The first-order valence-corrected chi connectivity index (χ1v) is 9.33. The van der Waals surface area contributed by atoms with Crippen molar-refractivity contribution in [3.8, 4) is 5.69 Å². The molecule has 1 aliphatic rings. The number of nitrogens with zero attached hydrogens (tertiary/aromatic N) is 2. The highest BCUT2D eigenvalue weighted by molar-refractivity contribution is 5.38. The van der Waals surface area contributed by atoms with Crippen LogP contribution in [0.4, 0.5) is 8.78 Å². The van der Waals surface area contributed by atoms with Gasteiger partial charge in [0.2, 0.25) is 0 Å². The number of aryl methyl sites for hydroxylation is 2. The topological polar surface area (TPSA) is 29.9 Å². The molecule has 0 saturated heterocycles. The molecule has 1 aliphatic carbocycles. The third-order valence-electron chi connectivity index (χ3n) is 5.49. The Labute approximate surface area is 158 Å². The minimum Gasteiger partial charge on any atom is -0.309 e. The Balaban J connectivity index is 1.51. The van der Waals surface area contributed by atoms with E-state index < -0.39 is 11.6 Å². The Morgan fingerprint density at radius 3 is 2.67 bits per heavy atom. The van der Waals surface area contributed by atoms with Gasteiger partial charge in [-0.3, -0.25) is 0 Å². The third kappa shape index (κ3) is 3.52. The smallest absolute Gasteiger partial charge is 0.151 e. The van der Waals surface area contributed by atoms with Crippen molar-refractivity contribution in [3.05, 3.63) is 82.2 Å². The SMILES string of the molecule is Cc1nn(-c2ccc(F)cc2F)c(C)c1CNC1CCc2ccccc2C1. The summed E-state index contributed by atoms with van der Waals surface area (Å²) in [5, 5.41) is 8.13. The quantitative estimate of drug-likeness (QED) is 0.740. The zero-order valence-electron chi connectivity index (χ0n) is 15.6. The van der Waals surface area contributed by atoms with E-state index in [2.05, 4.69) is 34.7 Å². The molecule has 4 rings (SSSR count). The van der Waals surface area contributed by atoms with Gasteiger partial charge < -0.3 is 5.32 Å². The van der Waals surface area contributed by atoms with Crippen LogP contribution in [-0.2, 0) is 19.4 Å². The van der Waals surface area contributed by atoms with Crippen molar-refractivity contribution in [2.24, 2.45) is 0 Å². The van der Waals surface area contributed by atoms with Crippen LogP contribution in [0.5, 0.6) is 0 Å². The molecule has 1 aromatic heterocycles. The van der Waals surface area contributed by atoms with E-state index in [9.17, 15) is 8.78 Å². The molecule has 2 aromatic carbocycles. The zero-order valence-corrected chi connectivity index (χ0v) is 15.6. The molecule has 0 fully saturated rings. The van der Waals surface area contributed by atoms with Gasteiger partial charge in [0, 0.05) is 29.9 Å². The summed E-state index contributed by atoms with van der Waals surface area (Å²) in [6.07, 6.45) is 3.22. The molecule has 1 unspecified atom stereocenters. The van der Waals surface area contributed by atoms with Gasteiger partial charge in [0.25, 0.3) is 0 Å². The predicted octanol–water partition coefficient (Wildman–Crippen LogP) is 4.41. The standard InChI is InChI=1S/C22H23F2N3/c1-14-20(13-25-19-9-7-16-5-3-4-6-17(16)11-19)15(2)27(26-14)22-10-8-18(23)12-21(22)24/h3-6,8,10,12,19,25H,7,9,11,13H2,1-2H3. The number of halogens is 2. The lowest BCUT2D eigenvalue weighted by Crippen LogP contribution is -2.34. The average molecular weight is 367 g/mol. The lowest BCUT2D eigenvalue weighted by atomic mass is 9.88. The van der Waals surface area contributed by atoms with Crippen LogP contribution < -0.4 is 5.32 Å². The van der Waals surface area contributed by atoms with E-state index >= 15 is 0 Å². The van der Waals surface area contributed by atoms with Gasteiger partial charge in [0.05, 0.1) is 5.69 Å². The minimum absolute atomic E-state index is 0.273. The summed E-state index contributed by atoms with van der Waals surface area (Å²) in [5.41, 5.74) is 5.94. The molecule has 1 heterocycles. The molecule has 0 amide bonds. The maximum atomic E-state index is 14.2. The summed E-state index contributed by atoms with van der Waals surface area (Å²) < 4.78 is 28.9. The molecular formula is C22H23F2N3. The van der Waals surface area contributed by atoms with Crippen LogP contribution in [-0.4, -0.2) is 15.8 Å². The molecule has 5 heteroatoms. The van der Waals surface area contributed by atoms with Gasteiger partial charge in [-0.15, -0.1) is 0 Å². The maximum absolute atomic E-state index is 14.2. The number of rotatable bonds is 4. The van der Waals surface area contributed by atoms with Gasteiger partial charge in [-0.05, 0) is 56.4 Å². The third-order valence-corrected chi connectivity index (χ3v) is 5.49. The summed E-state index contributed by atoms with van der Waals surface area (Å²) >= 11 is 0. The van der Waals surface area contributed by atoms with E-state index in [1.165, 1.54) is 23.3 Å². The highest BCUT2D eigenvalue weighted by Crippen LogP contribution is 2.23. The second-order valence-electron chi connectivity index (χ2n) is 7.25. The number of hydrogen-bond acceptors (Lipinski definition) is 2. The molecule has 0 radical (unpaired) electrons. The van der Waals surface area contributed by atoms with Crippen molar-refractivity contribution in [1.82, 2.24) is 15.1 Å². The lowest BCUT2D eigenvalue weighted by molar-refractivity contribution is 0.456. The molecule has 0 bridgehead atoms. The van der Waals surface area contributed by atoms with Crippen LogP contribution in [0.25, 0.3) is 5.69 Å². The zero-order chi connectivity index (χ0) is 19.0. The van der Waals surface area contributed by atoms with Gasteiger partial charge in [-0.1, -0.05) is 24.3 Å². The van der Waals surface area contributed by atoms with Gasteiger partial charge in [-0.2, -0.15) is 5.10 Å². The average Bonchev–Trinajstić information content (AvgIpc) is 2.93. The fourth-order valence-corrected chi connectivity index (χ4v) is 3.94. The van der Waals surface area contributed by atoms with Crippen molar-refractivity contribution in [3.63, 3.8) is 0 Å². The molecule has 1 N–H and O–H groups in total. The number of fused-ring (bicyclic) bond motifs is 1.